The molecule has 0 unspecified atom stereocenters. The minimum absolute atomic E-state index is 0.0141. The summed E-state index contributed by atoms with van der Waals surface area (Å²) >= 11 is 1.46. The number of sulfonamides is 1. The second-order valence-corrected chi connectivity index (χ2v) is 20.0. The molecule has 4 N–H and O–H groups in total. The lowest BCUT2D eigenvalue weighted by atomic mass is 10.0. The summed E-state index contributed by atoms with van der Waals surface area (Å²) in [7, 11) is -2.34. The van der Waals surface area contributed by atoms with Crippen molar-refractivity contribution in [2.45, 2.75) is 138 Å². The van der Waals surface area contributed by atoms with E-state index < -0.39 is 68.7 Å². The third-order valence-corrected chi connectivity index (χ3v) is 14.8. The summed E-state index contributed by atoms with van der Waals surface area (Å²) in [4.78, 5) is 67.6. The van der Waals surface area contributed by atoms with Gasteiger partial charge >= 0.3 is 6.09 Å². The van der Waals surface area contributed by atoms with Gasteiger partial charge in [-0.1, -0.05) is 25.0 Å². The van der Waals surface area contributed by atoms with E-state index in [0.717, 1.165) is 43.7 Å². The van der Waals surface area contributed by atoms with E-state index in [9.17, 15) is 27.6 Å². The summed E-state index contributed by atoms with van der Waals surface area (Å²) in [5, 5.41) is 11.8. The molecule has 2 aromatic heterocycles. The minimum Gasteiger partial charge on any atom is -0.497 e. The molecule has 4 heterocycles. The van der Waals surface area contributed by atoms with Crippen LogP contribution in [0.4, 0.5) is 9.93 Å². The molecule has 4 amide bonds. The predicted molar refractivity (Wildman–Crippen MR) is 230 cm³/mol. The van der Waals surface area contributed by atoms with E-state index in [4.69, 9.17) is 24.2 Å². The fourth-order valence-electron chi connectivity index (χ4n) is 8.60. The average molecular weight is 878 g/mol. The number of nitrogens with zero attached hydrogens (tertiary/aromatic N) is 3. The molecule has 5 aliphatic rings. The Morgan fingerprint density at radius 2 is 1.77 bits per heavy atom. The number of thiazole rings is 1. The SMILES string of the molecule is COc1ccc2c(O[C@@H]3C[C@H]4C(=O)N[C@]5(C(=O)NS(=O)(=O)C6CC6)C[C@@H]5/C=C\CCCCC[C@H](NC(=O)OC5CCCC5)C(=O)N4C3)cc(-c3csc(NC(C)C)n3)nc2c1. The summed E-state index contributed by atoms with van der Waals surface area (Å²) < 4.78 is 46.2. The molecule has 3 aliphatic carbocycles. The van der Waals surface area contributed by atoms with Gasteiger partial charge in [0.1, 0.15) is 47.0 Å². The zero-order chi connectivity index (χ0) is 42.9. The number of benzene rings is 1. The highest BCUT2D eigenvalue weighted by atomic mass is 32.2. The third kappa shape index (κ3) is 9.74. The molecule has 2 aliphatic heterocycles. The summed E-state index contributed by atoms with van der Waals surface area (Å²) in [5.41, 5.74) is 0.262. The number of carbonyl (C=O) groups excluding carboxylic acids is 4. The Balaban J connectivity index is 1.11. The normalized spacial score (nSPS) is 26.7. The largest absolute Gasteiger partial charge is 0.497 e. The molecular formula is C43H55N7O9S2. The Kier molecular flexibility index (Phi) is 12.5. The molecule has 5 atom stereocenters. The van der Waals surface area contributed by atoms with E-state index in [0.29, 0.717) is 65.9 Å². The van der Waals surface area contributed by atoms with Crippen molar-refractivity contribution in [2.24, 2.45) is 5.92 Å². The molecule has 3 saturated carbocycles. The number of carbonyl (C=O) groups is 4. The molecule has 0 radical (unpaired) electrons. The fourth-order valence-corrected chi connectivity index (χ4v) is 10.8. The number of hydrogen-bond acceptors (Lipinski definition) is 13. The van der Waals surface area contributed by atoms with Crippen LogP contribution in [0.5, 0.6) is 11.5 Å². The Hall–Kier alpha value is -4.97. The standard InChI is InChI=1S/C43H55N7O9S2/c1-25(2)44-41-46-35(24-60-41)34-21-37(31-18-15-28(57-3)19-33(31)45-34)58-29-20-36-38(51)48-43(40(53)49-61(55,56)30-16-17-30)22-26(43)11-7-5-4-6-8-14-32(39(52)50(36)23-29)47-42(54)59-27-12-9-10-13-27/h7,11,15,18-19,21,24-27,29-30,32,36H,4-6,8-10,12-14,16-17,20,22-23H2,1-3H3,(H,44,46)(H,47,54)(H,48,51)(H,49,53)/b11-7-/t26-,29+,32-,36-,43+/m0/s1. The van der Waals surface area contributed by atoms with Crippen LogP contribution in [0.2, 0.25) is 0 Å². The molecule has 328 valence electrons. The van der Waals surface area contributed by atoms with Gasteiger partial charge in [0, 0.05) is 41.3 Å². The maximum Gasteiger partial charge on any atom is 0.408 e. The maximum absolute atomic E-state index is 14.8. The van der Waals surface area contributed by atoms with E-state index in [2.05, 4.69) is 20.7 Å². The van der Waals surface area contributed by atoms with Crippen LogP contribution in [-0.2, 0) is 29.1 Å². The van der Waals surface area contributed by atoms with E-state index in [-0.39, 0.29) is 31.5 Å². The van der Waals surface area contributed by atoms with Gasteiger partial charge in [-0.05, 0) is 90.2 Å². The highest BCUT2D eigenvalue weighted by Gasteiger charge is 2.62. The summed E-state index contributed by atoms with van der Waals surface area (Å²) in [6, 6.07) is 5.31. The maximum atomic E-state index is 14.8. The van der Waals surface area contributed by atoms with Crippen molar-refractivity contribution in [3.05, 3.63) is 41.8 Å². The van der Waals surface area contributed by atoms with Gasteiger partial charge in [0.05, 0.1) is 30.1 Å². The quantitative estimate of drug-likeness (QED) is 0.174. The van der Waals surface area contributed by atoms with Crippen molar-refractivity contribution in [3.8, 4) is 22.9 Å². The first-order chi connectivity index (χ1) is 29.3. The van der Waals surface area contributed by atoms with Crippen molar-refractivity contribution < 1.29 is 41.8 Å². The van der Waals surface area contributed by atoms with Crippen LogP contribution in [0.15, 0.2) is 41.8 Å². The zero-order valence-electron chi connectivity index (χ0n) is 34.8. The second-order valence-electron chi connectivity index (χ2n) is 17.2. The molecule has 18 heteroatoms. The lowest BCUT2D eigenvalue weighted by Crippen LogP contribution is -2.58. The molecule has 61 heavy (non-hydrogen) atoms. The highest BCUT2D eigenvalue weighted by molar-refractivity contribution is 7.91. The number of nitrogens with one attached hydrogen (secondary N) is 4. The number of rotatable bonds is 11. The molecule has 0 bridgehead atoms. The third-order valence-electron chi connectivity index (χ3n) is 12.2. The number of hydrogen-bond donors (Lipinski definition) is 4. The van der Waals surface area contributed by atoms with Crippen molar-refractivity contribution in [3.63, 3.8) is 0 Å². The van der Waals surface area contributed by atoms with Gasteiger partial charge in [-0.2, -0.15) is 0 Å². The molecule has 0 spiro atoms. The number of anilines is 1. The van der Waals surface area contributed by atoms with Crippen LogP contribution in [0.3, 0.4) is 0 Å². The molecule has 16 nitrogen and oxygen atoms in total. The van der Waals surface area contributed by atoms with Crippen molar-refractivity contribution in [1.82, 2.24) is 30.2 Å². The monoisotopic (exact) mass is 877 g/mol. The smallest absolute Gasteiger partial charge is 0.408 e. The van der Waals surface area contributed by atoms with Crippen LogP contribution in [0.25, 0.3) is 22.3 Å². The second kappa shape index (κ2) is 17.8. The Morgan fingerprint density at radius 3 is 2.52 bits per heavy atom. The lowest BCUT2D eigenvalue weighted by Gasteiger charge is -2.30. The van der Waals surface area contributed by atoms with Crippen LogP contribution < -0.4 is 30.1 Å². The summed E-state index contributed by atoms with van der Waals surface area (Å²) in [6.45, 7) is 4.05. The van der Waals surface area contributed by atoms with Crippen LogP contribution >= 0.6 is 11.3 Å². The number of ether oxygens (including phenoxy) is 3. The van der Waals surface area contributed by atoms with E-state index >= 15 is 0 Å². The Bertz CT molecular complexity index is 2290. The lowest BCUT2D eigenvalue weighted by molar-refractivity contribution is -0.141. The highest BCUT2D eigenvalue weighted by Crippen LogP contribution is 2.46. The molecule has 3 aromatic rings. The van der Waals surface area contributed by atoms with Crippen molar-refractivity contribution in [2.75, 3.05) is 19.0 Å². The first-order valence-electron chi connectivity index (χ1n) is 21.5. The molecule has 1 saturated heterocycles. The number of allylic oxidation sites excluding steroid dienone is 1. The minimum atomic E-state index is -3.91. The van der Waals surface area contributed by atoms with Crippen molar-refractivity contribution in [1.29, 1.82) is 0 Å². The van der Waals surface area contributed by atoms with Gasteiger partial charge < -0.3 is 35.1 Å². The van der Waals surface area contributed by atoms with E-state index in [1.54, 1.807) is 25.3 Å². The van der Waals surface area contributed by atoms with Gasteiger partial charge in [0.2, 0.25) is 21.8 Å². The predicted octanol–water partition coefficient (Wildman–Crippen LogP) is 5.58. The number of methoxy groups -OCH3 is 1. The van der Waals surface area contributed by atoms with E-state index in [1.165, 1.54) is 16.2 Å². The number of alkyl carbamates (subject to hydrolysis) is 1. The molecule has 4 fully saturated rings. The Labute approximate surface area is 360 Å². The van der Waals surface area contributed by atoms with Gasteiger partial charge in [-0.15, -0.1) is 11.3 Å². The van der Waals surface area contributed by atoms with E-state index in [1.807, 2.05) is 37.4 Å². The number of aromatic nitrogens is 2. The van der Waals surface area contributed by atoms with Crippen LogP contribution in [0.1, 0.15) is 97.3 Å². The Morgan fingerprint density at radius 1 is 0.984 bits per heavy atom. The van der Waals surface area contributed by atoms with Crippen molar-refractivity contribution >= 4 is 61.2 Å². The van der Waals surface area contributed by atoms with Crippen LogP contribution in [0, 0.1) is 5.92 Å². The van der Waals surface area contributed by atoms with Gasteiger partial charge in [0.15, 0.2) is 5.13 Å². The zero-order valence-corrected chi connectivity index (χ0v) is 36.4. The number of fused-ring (bicyclic) bond motifs is 3. The molecular weight excluding hydrogens is 823 g/mol. The molecule has 1 aromatic carbocycles. The summed E-state index contributed by atoms with van der Waals surface area (Å²) in [6.07, 6.45) is 10.1. The van der Waals surface area contributed by atoms with Gasteiger partial charge in [0.25, 0.3) is 5.91 Å². The average Bonchev–Trinajstić information content (AvgIpc) is 4.00. The topological polar surface area (TPSA) is 207 Å². The first kappa shape index (κ1) is 42.7. The fraction of sp³-hybridized carbons (Fsp3) is 0.581. The first-order valence-corrected chi connectivity index (χ1v) is 23.9. The van der Waals surface area contributed by atoms with Gasteiger partial charge in [-0.3, -0.25) is 19.1 Å². The number of pyridine rings is 1. The summed E-state index contributed by atoms with van der Waals surface area (Å²) in [5.74, 6) is -1.26. The number of amides is 4. The molecule has 8 rings (SSSR count). The van der Waals surface area contributed by atoms with Crippen LogP contribution in [-0.4, -0.2) is 102 Å². The van der Waals surface area contributed by atoms with Gasteiger partial charge in [-0.25, -0.2) is 23.2 Å².